The van der Waals surface area contributed by atoms with Gasteiger partial charge in [0.05, 0.1) is 11.9 Å². The van der Waals surface area contributed by atoms with E-state index in [1.165, 1.54) is 6.20 Å². The molecule has 68 valence electrons. The number of carbonyl (C=O) groups excluding carboxylic acids is 1. The molecule has 0 aliphatic carbocycles. The summed E-state index contributed by atoms with van der Waals surface area (Å²) in [7, 11) is 0. The van der Waals surface area contributed by atoms with Crippen molar-refractivity contribution in [2.24, 2.45) is 0 Å². The molecule has 1 rings (SSSR count). The first-order valence-corrected chi connectivity index (χ1v) is 4.17. The molecule has 0 fully saturated rings. The number of hydrogen-bond donors (Lipinski definition) is 0. The van der Waals surface area contributed by atoms with Crippen LogP contribution in [0.1, 0.15) is 29.0 Å². The maximum Gasteiger partial charge on any atom is 0.183 e. The first-order chi connectivity index (χ1) is 6.24. The van der Waals surface area contributed by atoms with Crippen molar-refractivity contribution in [1.29, 1.82) is 0 Å². The molecule has 13 heavy (non-hydrogen) atoms. The lowest BCUT2D eigenvalue weighted by atomic mass is 10.2. The lowest BCUT2D eigenvalue weighted by Gasteiger charge is -1.97. The van der Waals surface area contributed by atoms with Crippen LogP contribution < -0.4 is 0 Å². The van der Waals surface area contributed by atoms with E-state index in [0.29, 0.717) is 18.5 Å². The number of nitrogens with zero attached hydrogens (tertiary/aromatic N) is 2. The average Bonchev–Trinajstić information content (AvgIpc) is 2.15. The summed E-state index contributed by atoms with van der Waals surface area (Å²) >= 11 is 0. The van der Waals surface area contributed by atoms with Crippen molar-refractivity contribution in [3.8, 4) is 0 Å². The molecular formula is C10H12N2O. The summed E-state index contributed by atoms with van der Waals surface area (Å²) in [4.78, 5) is 19.3. The second kappa shape index (κ2) is 4.50. The molecule has 0 bridgehead atoms. The van der Waals surface area contributed by atoms with Gasteiger partial charge in [-0.3, -0.25) is 9.78 Å². The molecule has 0 amide bonds. The Kier molecular flexibility index (Phi) is 3.31. The van der Waals surface area contributed by atoms with Crippen LogP contribution in [0.3, 0.4) is 0 Å². The molecule has 0 N–H and O–H groups in total. The zero-order valence-electron chi connectivity index (χ0n) is 7.66. The molecule has 0 atom stereocenters. The fourth-order valence-electron chi connectivity index (χ4n) is 0.898. The Bertz CT molecular complexity index is 303. The predicted molar refractivity (Wildman–Crippen MR) is 50.5 cm³/mol. The van der Waals surface area contributed by atoms with Crippen molar-refractivity contribution in [3.63, 3.8) is 0 Å². The van der Waals surface area contributed by atoms with Crippen LogP contribution in [-0.2, 0) is 0 Å². The topological polar surface area (TPSA) is 42.9 Å². The summed E-state index contributed by atoms with van der Waals surface area (Å²) in [5.74, 6) is 0.0207. The minimum atomic E-state index is 0.0207. The van der Waals surface area contributed by atoms with Crippen LogP contribution in [0.25, 0.3) is 0 Å². The highest BCUT2D eigenvalue weighted by atomic mass is 16.1. The van der Waals surface area contributed by atoms with E-state index in [1.54, 1.807) is 12.3 Å². The molecule has 0 aromatic carbocycles. The quantitative estimate of drug-likeness (QED) is 0.520. The van der Waals surface area contributed by atoms with Gasteiger partial charge in [0.25, 0.3) is 0 Å². The zero-order valence-corrected chi connectivity index (χ0v) is 7.66. The summed E-state index contributed by atoms with van der Waals surface area (Å²) in [5, 5.41) is 0. The van der Waals surface area contributed by atoms with Gasteiger partial charge in [-0.15, -0.1) is 6.58 Å². The van der Waals surface area contributed by atoms with Crippen LogP contribution in [0, 0.1) is 6.92 Å². The SMILES string of the molecule is C=CCCC(=O)c1cnc(C)cn1. The molecule has 0 spiro atoms. The standard InChI is InChI=1S/C10H12N2O/c1-3-4-5-10(13)9-7-11-8(2)6-12-9/h3,6-7H,1,4-5H2,2H3. The fraction of sp³-hybridized carbons (Fsp3) is 0.300. The number of hydrogen-bond acceptors (Lipinski definition) is 3. The van der Waals surface area contributed by atoms with E-state index in [9.17, 15) is 4.79 Å². The number of aryl methyl sites for hydroxylation is 1. The number of rotatable bonds is 4. The third-order valence-electron chi connectivity index (χ3n) is 1.64. The summed E-state index contributed by atoms with van der Waals surface area (Å²) in [6.07, 6.45) is 5.98. The Balaban J connectivity index is 2.66. The third kappa shape index (κ3) is 2.78. The van der Waals surface area contributed by atoms with Crippen LogP contribution in [0.4, 0.5) is 0 Å². The van der Waals surface area contributed by atoms with Crippen LogP contribution in [-0.4, -0.2) is 15.8 Å². The number of carbonyl (C=O) groups is 1. The van der Waals surface area contributed by atoms with E-state index in [2.05, 4.69) is 16.5 Å². The van der Waals surface area contributed by atoms with Gasteiger partial charge in [0.1, 0.15) is 5.69 Å². The molecule has 0 radical (unpaired) electrons. The Hall–Kier alpha value is -1.51. The van der Waals surface area contributed by atoms with E-state index in [0.717, 1.165) is 5.69 Å². The van der Waals surface area contributed by atoms with E-state index in [-0.39, 0.29) is 5.78 Å². The maximum atomic E-state index is 11.4. The van der Waals surface area contributed by atoms with Crippen molar-refractivity contribution >= 4 is 5.78 Å². The Morgan fingerprint density at radius 1 is 1.54 bits per heavy atom. The average molecular weight is 176 g/mol. The van der Waals surface area contributed by atoms with E-state index in [4.69, 9.17) is 0 Å². The summed E-state index contributed by atoms with van der Waals surface area (Å²) in [6.45, 7) is 5.39. The normalized spacial score (nSPS) is 9.62. The highest BCUT2D eigenvalue weighted by Crippen LogP contribution is 2.01. The molecule has 0 aliphatic heterocycles. The minimum Gasteiger partial charge on any atom is -0.292 e. The van der Waals surface area contributed by atoms with Gasteiger partial charge < -0.3 is 0 Å². The number of Topliss-reactive ketones (excluding diaryl/α,β-unsaturated/α-hetero) is 1. The lowest BCUT2D eigenvalue weighted by molar-refractivity contribution is 0.0978. The molecule has 0 saturated carbocycles. The van der Waals surface area contributed by atoms with Crippen LogP contribution in [0.5, 0.6) is 0 Å². The maximum absolute atomic E-state index is 11.4. The van der Waals surface area contributed by atoms with E-state index in [1.807, 2.05) is 6.92 Å². The van der Waals surface area contributed by atoms with Crippen LogP contribution in [0.15, 0.2) is 25.0 Å². The Labute approximate surface area is 77.5 Å². The third-order valence-corrected chi connectivity index (χ3v) is 1.64. The van der Waals surface area contributed by atoms with E-state index >= 15 is 0 Å². The molecule has 0 aliphatic rings. The van der Waals surface area contributed by atoms with Crippen molar-refractivity contribution in [3.05, 3.63) is 36.4 Å². The molecule has 3 nitrogen and oxygen atoms in total. The second-order valence-corrected chi connectivity index (χ2v) is 2.79. The van der Waals surface area contributed by atoms with Crippen LogP contribution in [0.2, 0.25) is 0 Å². The number of ketones is 1. The van der Waals surface area contributed by atoms with Gasteiger partial charge in [-0.2, -0.15) is 0 Å². The second-order valence-electron chi connectivity index (χ2n) is 2.79. The monoisotopic (exact) mass is 176 g/mol. The molecular weight excluding hydrogens is 164 g/mol. The van der Waals surface area contributed by atoms with Gasteiger partial charge in [-0.05, 0) is 13.3 Å². The molecule has 3 heteroatoms. The van der Waals surface area contributed by atoms with Crippen molar-refractivity contribution < 1.29 is 4.79 Å². The number of allylic oxidation sites excluding steroid dienone is 1. The smallest absolute Gasteiger partial charge is 0.183 e. The minimum absolute atomic E-state index is 0.0207. The highest BCUT2D eigenvalue weighted by molar-refractivity contribution is 5.93. The largest absolute Gasteiger partial charge is 0.292 e. The number of aromatic nitrogens is 2. The molecule has 1 aromatic heterocycles. The van der Waals surface area contributed by atoms with Crippen molar-refractivity contribution in [1.82, 2.24) is 9.97 Å². The molecule has 0 unspecified atom stereocenters. The Morgan fingerprint density at radius 2 is 2.31 bits per heavy atom. The first-order valence-electron chi connectivity index (χ1n) is 4.17. The van der Waals surface area contributed by atoms with E-state index < -0.39 is 0 Å². The van der Waals surface area contributed by atoms with Gasteiger partial charge >= 0.3 is 0 Å². The zero-order chi connectivity index (χ0) is 9.68. The van der Waals surface area contributed by atoms with Gasteiger partial charge in [-0.25, -0.2) is 4.98 Å². The lowest BCUT2D eigenvalue weighted by Crippen LogP contribution is -2.02. The fourth-order valence-corrected chi connectivity index (χ4v) is 0.898. The first kappa shape index (κ1) is 9.58. The summed E-state index contributed by atoms with van der Waals surface area (Å²) in [6, 6.07) is 0. The predicted octanol–water partition coefficient (Wildman–Crippen LogP) is 1.93. The van der Waals surface area contributed by atoms with Crippen molar-refractivity contribution in [2.75, 3.05) is 0 Å². The summed E-state index contributed by atoms with van der Waals surface area (Å²) in [5.41, 5.74) is 1.26. The van der Waals surface area contributed by atoms with Gasteiger partial charge in [0.2, 0.25) is 0 Å². The highest BCUT2D eigenvalue weighted by Gasteiger charge is 2.05. The van der Waals surface area contributed by atoms with Gasteiger partial charge in [-0.1, -0.05) is 6.08 Å². The van der Waals surface area contributed by atoms with Crippen LogP contribution >= 0.6 is 0 Å². The summed E-state index contributed by atoms with van der Waals surface area (Å²) < 4.78 is 0. The van der Waals surface area contributed by atoms with Gasteiger partial charge in [0.15, 0.2) is 5.78 Å². The van der Waals surface area contributed by atoms with Crippen molar-refractivity contribution in [2.45, 2.75) is 19.8 Å². The molecule has 0 saturated heterocycles. The molecule has 1 heterocycles. The molecule has 1 aromatic rings. The Morgan fingerprint density at radius 3 is 2.85 bits per heavy atom. The van der Waals surface area contributed by atoms with Gasteiger partial charge in [0, 0.05) is 12.6 Å².